The number of aliphatic hydroxyl groups is 3. The Hall–Kier alpha value is -0.120. The van der Waals surface area contributed by atoms with Crippen LogP contribution >= 0.6 is 0 Å². The number of unbranched alkanes of at least 4 members (excludes halogenated alkanes) is 3. The number of hydrogen-bond acceptors (Lipinski definition) is 3. The molecule has 0 heterocycles. The van der Waals surface area contributed by atoms with Gasteiger partial charge in [0.15, 0.2) is 0 Å². The van der Waals surface area contributed by atoms with Crippen molar-refractivity contribution in [3.8, 4) is 0 Å². The lowest BCUT2D eigenvalue weighted by Gasteiger charge is -2.24. The van der Waals surface area contributed by atoms with Gasteiger partial charge in [-0.25, -0.2) is 0 Å². The van der Waals surface area contributed by atoms with E-state index in [1.54, 1.807) is 13.8 Å². The average Bonchev–Trinajstić information content (AvgIpc) is 2.02. The van der Waals surface area contributed by atoms with Crippen LogP contribution in [0.1, 0.15) is 46.0 Å². The Kier molecular flexibility index (Phi) is 6.29. The SMILES string of the molecule is CC(C)(O)C(O)CCCCCCO. The average molecular weight is 190 g/mol. The number of hydrogen-bond donors (Lipinski definition) is 3. The summed E-state index contributed by atoms with van der Waals surface area (Å²) in [6, 6.07) is 0. The molecule has 0 radical (unpaired) electrons. The van der Waals surface area contributed by atoms with Crippen LogP contribution in [0.25, 0.3) is 0 Å². The first-order valence-electron chi connectivity index (χ1n) is 4.99. The third-order valence-electron chi connectivity index (χ3n) is 2.20. The summed E-state index contributed by atoms with van der Waals surface area (Å²) in [5, 5.41) is 27.4. The van der Waals surface area contributed by atoms with Gasteiger partial charge in [-0.05, 0) is 26.7 Å². The summed E-state index contributed by atoms with van der Waals surface area (Å²) < 4.78 is 0. The molecule has 1 atom stereocenters. The molecule has 0 rings (SSSR count). The summed E-state index contributed by atoms with van der Waals surface area (Å²) in [5.74, 6) is 0. The highest BCUT2D eigenvalue weighted by Crippen LogP contribution is 2.15. The van der Waals surface area contributed by atoms with Gasteiger partial charge in [0.25, 0.3) is 0 Å². The fraction of sp³-hybridized carbons (Fsp3) is 1.00. The Labute approximate surface area is 80.4 Å². The lowest BCUT2D eigenvalue weighted by molar-refractivity contribution is -0.0522. The zero-order valence-corrected chi connectivity index (χ0v) is 8.66. The Bertz CT molecular complexity index is 118. The first-order chi connectivity index (χ1) is 5.98. The first kappa shape index (κ1) is 12.9. The maximum absolute atomic E-state index is 9.44. The molecule has 3 nitrogen and oxygen atoms in total. The van der Waals surface area contributed by atoms with Crippen LogP contribution in [-0.4, -0.2) is 33.6 Å². The van der Waals surface area contributed by atoms with Crippen LogP contribution in [-0.2, 0) is 0 Å². The summed E-state index contributed by atoms with van der Waals surface area (Å²) >= 11 is 0. The smallest absolute Gasteiger partial charge is 0.0849 e. The second kappa shape index (κ2) is 6.35. The van der Waals surface area contributed by atoms with Crippen molar-refractivity contribution < 1.29 is 15.3 Å². The van der Waals surface area contributed by atoms with E-state index in [1.807, 2.05) is 0 Å². The zero-order valence-electron chi connectivity index (χ0n) is 8.66. The number of aliphatic hydroxyl groups excluding tert-OH is 2. The van der Waals surface area contributed by atoms with Crippen LogP contribution in [0.5, 0.6) is 0 Å². The molecule has 0 saturated heterocycles. The lowest BCUT2D eigenvalue weighted by atomic mass is 9.96. The second-order valence-electron chi connectivity index (χ2n) is 4.10. The van der Waals surface area contributed by atoms with Crippen molar-refractivity contribution in [2.24, 2.45) is 0 Å². The minimum Gasteiger partial charge on any atom is -0.396 e. The van der Waals surface area contributed by atoms with E-state index in [1.165, 1.54) is 0 Å². The van der Waals surface area contributed by atoms with Crippen LogP contribution in [0.15, 0.2) is 0 Å². The Morgan fingerprint density at radius 1 is 1.08 bits per heavy atom. The van der Waals surface area contributed by atoms with E-state index in [9.17, 15) is 10.2 Å². The third kappa shape index (κ3) is 6.99. The quantitative estimate of drug-likeness (QED) is 0.526. The molecule has 13 heavy (non-hydrogen) atoms. The van der Waals surface area contributed by atoms with Crippen LogP contribution in [0, 0.1) is 0 Å². The molecule has 0 aliphatic carbocycles. The summed E-state index contributed by atoms with van der Waals surface area (Å²) in [6.07, 6.45) is 3.74. The Morgan fingerprint density at radius 2 is 1.62 bits per heavy atom. The van der Waals surface area contributed by atoms with Gasteiger partial charge in [-0.3, -0.25) is 0 Å². The summed E-state index contributed by atoms with van der Waals surface area (Å²) in [5.41, 5.74) is -0.989. The van der Waals surface area contributed by atoms with Gasteiger partial charge >= 0.3 is 0 Å². The normalized spacial score (nSPS) is 14.5. The fourth-order valence-electron chi connectivity index (χ4n) is 1.16. The third-order valence-corrected chi connectivity index (χ3v) is 2.20. The van der Waals surface area contributed by atoms with Crippen LogP contribution in [0.2, 0.25) is 0 Å². The molecule has 0 spiro atoms. The molecule has 3 N–H and O–H groups in total. The van der Waals surface area contributed by atoms with Gasteiger partial charge in [0.05, 0.1) is 11.7 Å². The van der Waals surface area contributed by atoms with Crippen molar-refractivity contribution in [3.05, 3.63) is 0 Å². The lowest BCUT2D eigenvalue weighted by Crippen LogP contribution is -2.35. The molecule has 0 amide bonds. The highest BCUT2D eigenvalue weighted by Gasteiger charge is 2.23. The van der Waals surface area contributed by atoms with E-state index >= 15 is 0 Å². The van der Waals surface area contributed by atoms with Crippen LogP contribution in [0.4, 0.5) is 0 Å². The van der Waals surface area contributed by atoms with Gasteiger partial charge in [0.1, 0.15) is 0 Å². The van der Waals surface area contributed by atoms with Crippen LogP contribution in [0.3, 0.4) is 0 Å². The molecule has 0 aromatic carbocycles. The van der Waals surface area contributed by atoms with Crippen LogP contribution < -0.4 is 0 Å². The first-order valence-corrected chi connectivity index (χ1v) is 4.99. The van der Waals surface area contributed by atoms with Gasteiger partial charge in [-0.1, -0.05) is 19.3 Å². The van der Waals surface area contributed by atoms with Crippen molar-refractivity contribution in [2.45, 2.75) is 57.7 Å². The predicted octanol–water partition coefficient (Wildman–Crippen LogP) is 1.06. The molecule has 0 aromatic rings. The molecule has 0 bridgehead atoms. The zero-order chi connectivity index (χ0) is 10.3. The largest absolute Gasteiger partial charge is 0.396 e. The monoisotopic (exact) mass is 190 g/mol. The molecule has 0 fully saturated rings. The maximum atomic E-state index is 9.44. The van der Waals surface area contributed by atoms with E-state index in [4.69, 9.17) is 5.11 Å². The Morgan fingerprint density at radius 3 is 2.08 bits per heavy atom. The van der Waals surface area contributed by atoms with Crippen molar-refractivity contribution in [1.29, 1.82) is 0 Å². The number of rotatable bonds is 7. The highest BCUT2D eigenvalue weighted by atomic mass is 16.3. The minimum absolute atomic E-state index is 0.244. The van der Waals surface area contributed by atoms with E-state index in [0.29, 0.717) is 6.42 Å². The van der Waals surface area contributed by atoms with Crippen molar-refractivity contribution in [3.63, 3.8) is 0 Å². The van der Waals surface area contributed by atoms with Gasteiger partial charge in [-0.2, -0.15) is 0 Å². The van der Waals surface area contributed by atoms with Crippen molar-refractivity contribution >= 4 is 0 Å². The maximum Gasteiger partial charge on any atom is 0.0849 e. The summed E-state index contributed by atoms with van der Waals surface area (Å²) in [4.78, 5) is 0. The summed E-state index contributed by atoms with van der Waals surface area (Å²) in [7, 11) is 0. The van der Waals surface area contributed by atoms with E-state index in [0.717, 1.165) is 25.7 Å². The molecule has 0 aliphatic rings. The topological polar surface area (TPSA) is 60.7 Å². The van der Waals surface area contributed by atoms with Crippen molar-refractivity contribution in [2.75, 3.05) is 6.61 Å². The second-order valence-corrected chi connectivity index (χ2v) is 4.10. The Balaban J connectivity index is 3.32. The molecule has 0 aliphatic heterocycles. The fourth-order valence-corrected chi connectivity index (χ4v) is 1.16. The van der Waals surface area contributed by atoms with Gasteiger partial charge in [-0.15, -0.1) is 0 Å². The van der Waals surface area contributed by atoms with Gasteiger partial charge < -0.3 is 15.3 Å². The summed E-state index contributed by atoms with van der Waals surface area (Å²) in [6.45, 7) is 3.48. The van der Waals surface area contributed by atoms with Crippen molar-refractivity contribution in [1.82, 2.24) is 0 Å². The van der Waals surface area contributed by atoms with Gasteiger partial charge in [0, 0.05) is 6.61 Å². The van der Waals surface area contributed by atoms with E-state index in [-0.39, 0.29) is 6.61 Å². The molecule has 0 aromatic heterocycles. The molecular weight excluding hydrogens is 168 g/mol. The molecule has 80 valence electrons. The standard InChI is InChI=1S/C10H22O3/c1-10(2,13)9(12)7-5-3-4-6-8-11/h9,11-13H,3-8H2,1-2H3. The van der Waals surface area contributed by atoms with Gasteiger partial charge in [0.2, 0.25) is 0 Å². The van der Waals surface area contributed by atoms with E-state index < -0.39 is 11.7 Å². The molecule has 0 saturated carbocycles. The molecule has 1 unspecified atom stereocenters. The van der Waals surface area contributed by atoms with E-state index in [2.05, 4.69) is 0 Å². The molecule has 3 heteroatoms. The highest BCUT2D eigenvalue weighted by molar-refractivity contribution is 4.75. The predicted molar refractivity (Wildman–Crippen MR) is 52.5 cm³/mol. The minimum atomic E-state index is -0.989. The molecular formula is C10H22O3.